The third-order valence-electron chi connectivity index (χ3n) is 3.14. The Bertz CT molecular complexity index is 443. The Balaban J connectivity index is 2.80. The molecule has 0 aliphatic rings. The molecule has 3 N–H and O–H groups in total. The van der Waals surface area contributed by atoms with E-state index in [0.717, 1.165) is 34.7 Å². The molecule has 0 saturated carbocycles. The van der Waals surface area contributed by atoms with Crippen molar-refractivity contribution in [2.75, 3.05) is 12.9 Å². The maximum Gasteiger partial charge on any atom is 0.128 e. The molecule has 0 fully saturated rings. The summed E-state index contributed by atoms with van der Waals surface area (Å²) in [5.41, 5.74) is 6.12. The van der Waals surface area contributed by atoms with Crippen LogP contribution in [0.1, 0.15) is 37.6 Å². The zero-order chi connectivity index (χ0) is 15.3. The highest BCUT2D eigenvalue weighted by Crippen LogP contribution is 2.27. The predicted molar refractivity (Wildman–Crippen MR) is 87.3 cm³/mol. The summed E-state index contributed by atoms with van der Waals surface area (Å²) < 4.78 is 5.69. The van der Waals surface area contributed by atoms with Crippen molar-refractivity contribution in [1.82, 2.24) is 10.4 Å². The van der Waals surface area contributed by atoms with Crippen LogP contribution in [-0.4, -0.2) is 28.6 Å². The van der Waals surface area contributed by atoms with Gasteiger partial charge >= 0.3 is 0 Å². The lowest BCUT2D eigenvalue weighted by atomic mass is 10.1. The van der Waals surface area contributed by atoms with Crippen LogP contribution >= 0.6 is 11.8 Å². The number of aromatic nitrogens is 1. The third-order valence-corrected chi connectivity index (χ3v) is 4.58. The summed E-state index contributed by atoms with van der Waals surface area (Å²) in [5.74, 6) is 7.56. The van der Waals surface area contributed by atoms with Gasteiger partial charge in [-0.3, -0.25) is 16.3 Å². The van der Waals surface area contributed by atoms with E-state index in [4.69, 9.17) is 10.6 Å². The molecular weight excluding hydrogens is 270 g/mol. The number of ether oxygens (including phenoxy) is 1. The number of hydrazine groups is 1. The van der Waals surface area contributed by atoms with Crippen molar-refractivity contribution in [2.24, 2.45) is 5.84 Å². The minimum atomic E-state index is 0.206. The molecule has 0 aromatic carbocycles. The molecule has 0 radical (unpaired) electrons. The second-order valence-corrected chi connectivity index (χ2v) is 7.88. The number of hydrogen-bond acceptors (Lipinski definition) is 5. The molecule has 0 bridgehead atoms. The minimum absolute atomic E-state index is 0.206. The molecule has 20 heavy (non-hydrogen) atoms. The van der Waals surface area contributed by atoms with Gasteiger partial charge in [-0.25, -0.2) is 0 Å². The zero-order valence-electron chi connectivity index (χ0n) is 13.4. The molecule has 0 aliphatic heterocycles. The smallest absolute Gasteiger partial charge is 0.128 e. The summed E-state index contributed by atoms with van der Waals surface area (Å²) >= 11 is 1.90. The van der Waals surface area contributed by atoms with E-state index in [0.29, 0.717) is 0 Å². The Morgan fingerprint density at radius 1 is 1.40 bits per heavy atom. The lowest BCUT2D eigenvalue weighted by Crippen LogP contribution is -2.39. The highest BCUT2D eigenvalue weighted by atomic mass is 32.2. The molecule has 1 rings (SSSR count). The lowest BCUT2D eigenvalue weighted by Gasteiger charge is -2.23. The fourth-order valence-corrected chi connectivity index (χ4v) is 2.94. The monoisotopic (exact) mass is 297 g/mol. The first kappa shape index (κ1) is 17.3. The number of thioether (sulfide) groups is 1. The number of pyridine rings is 1. The Kier molecular flexibility index (Phi) is 6.30. The molecule has 5 heteroatoms. The molecule has 1 atom stereocenters. The van der Waals surface area contributed by atoms with Crippen molar-refractivity contribution in [3.05, 3.63) is 23.0 Å². The summed E-state index contributed by atoms with van der Waals surface area (Å²) in [4.78, 5) is 4.53. The van der Waals surface area contributed by atoms with Crippen LogP contribution in [0.5, 0.6) is 5.75 Å². The van der Waals surface area contributed by atoms with E-state index in [2.05, 4.69) is 38.1 Å². The van der Waals surface area contributed by atoms with Crippen molar-refractivity contribution in [2.45, 2.75) is 51.8 Å². The van der Waals surface area contributed by atoms with Crippen LogP contribution in [0.25, 0.3) is 0 Å². The number of methoxy groups -OCH3 is 1. The van der Waals surface area contributed by atoms with Gasteiger partial charge in [0.15, 0.2) is 0 Å². The fourth-order valence-electron chi connectivity index (χ4n) is 2.03. The van der Waals surface area contributed by atoms with Crippen molar-refractivity contribution in [3.8, 4) is 5.75 Å². The summed E-state index contributed by atoms with van der Waals surface area (Å²) in [7, 11) is 1.70. The molecule has 0 amide bonds. The van der Waals surface area contributed by atoms with Crippen LogP contribution in [0.15, 0.2) is 6.20 Å². The van der Waals surface area contributed by atoms with E-state index in [1.165, 1.54) is 0 Å². The molecule has 0 spiro atoms. The van der Waals surface area contributed by atoms with Gasteiger partial charge in [0.05, 0.1) is 7.11 Å². The Labute approximate surface area is 126 Å². The maximum atomic E-state index is 5.68. The largest absolute Gasteiger partial charge is 0.496 e. The van der Waals surface area contributed by atoms with Gasteiger partial charge in [0.1, 0.15) is 5.75 Å². The average molecular weight is 297 g/mol. The van der Waals surface area contributed by atoms with Crippen molar-refractivity contribution in [1.29, 1.82) is 0 Å². The lowest BCUT2D eigenvalue weighted by molar-refractivity contribution is 0.406. The van der Waals surface area contributed by atoms with Crippen LogP contribution in [0.2, 0.25) is 0 Å². The number of aryl methyl sites for hydroxylation is 1. The zero-order valence-corrected chi connectivity index (χ0v) is 14.2. The number of nitrogens with zero attached hydrogens (tertiary/aromatic N) is 1. The molecule has 0 saturated heterocycles. The molecule has 1 aromatic heterocycles. The van der Waals surface area contributed by atoms with E-state index >= 15 is 0 Å². The second kappa shape index (κ2) is 7.29. The van der Waals surface area contributed by atoms with Crippen molar-refractivity contribution in [3.63, 3.8) is 0 Å². The van der Waals surface area contributed by atoms with Gasteiger partial charge in [0.2, 0.25) is 0 Å². The van der Waals surface area contributed by atoms with Crippen LogP contribution < -0.4 is 16.0 Å². The van der Waals surface area contributed by atoms with Gasteiger partial charge in [-0.05, 0) is 13.8 Å². The van der Waals surface area contributed by atoms with E-state index in [1.54, 1.807) is 7.11 Å². The van der Waals surface area contributed by atoms with Crippen LogP contribution in [0.3, 0.4) is 0 Å². The minimum Gasteiger partial charge on any atom is -0.496 e. The molecule has 0 aliphatic carbocycles. The SMILES string of the molecule is COc1c(C)cnc(CC(CSC(C)(C)C)NN)c1C. The molecule has 114 valence electrons. The highest BCUT2D eigenvalue weighted by Gasteiger charge is 2.18. The fraction of sp³-hybridized carbons (Fsp3) is 0.667. The van der Waals surface area contributed by atoms with E-state index < -0.39 is 0 Å². The average Bonchev–Trinajstić information content (AvgIpc) is 2.36. The Hall–Kier alpha value is -0.780. The highest BCUT2D eigenvalue weighted by molar-refractivity contribution is 8.00. The predicted octanol–water partition coefficient (Wildman–Crippen LogP) is 2.61. The van der Waals surface area contributed by atoms with Crippen molar-refractivity contribution >= 4 is 11.8 Å². The van der Waals surface area contributed by atoms with E-state index in [-0.39, 0.29) is 10.8 Å². The molecule has 4 nitrogen and oxygen atoms in total. The summed E-state index contributed by atoms with van der Waals surface area (Å²) in [6, 6.07) is 0.206. The summed E-state index contributed by atoms with van der Waals surface area (Å²) in [6.45, 7) is 10.7. The standard InChI is InChI=1S/C15H27N3OS/c1-10-8-17-13(11(2)14(10)19-6)7-12(18-16)9-20-15(3,4)5/h8,12,18H,7,9,16H2,1-6H3. The van der Waals surface area contributed by atoms with Crippen LogP contribution in [0, 0.1) is 13.8 Å². The second-order valence-electron chi connectivity index (χ2n) is 6.04. The normalized spacial score (nSPS) is 13.3. The first-order chi connectivity index (χ1) is 9.28. The van der Waals surface area contributed by atoms with Gasteiger partial charge < -0.3 is 4.74 Å². The number of hydrogen-bond donors (Lipinski definition) is 2. The van der Waals surface area contributed by atoms with Gasteiger partial charge in [-0.1, -0.05) is 20.8 Å². The topological polar surface area (TPSA) is 60.2 Å². The molecular formula is C15H27N3OS. The summed E-state index contributed by atoms with van der Waals surface area (Å²) in [5, 5.41) is 0. The van der Waals surface area contributed by atoms with E-state index in [9.17, 15) is 0 Å². The first-order valence-electron chi connectivity index (χ1n) is 6.87. The van der Waals surface area contributed by atoms with E-state index in [1.807, 2.05) is 24.9 Å². The summed E-state index contributed by atoms with van der Waals surface area (Å²) in [6.07, 6.45) is 2.67. The van der Waals surface area contributed by atoms with Crippen LogP contribution in [-0.2, 0) is 6.42 Å². The Morgan fingerprint density at radius 3 is 2.55 bits per heavy atom. The number of rotatable bonds is 6. The molecule has 1 aromatic rings. The van der Waals surface area contributed by atoms with Gasteiger partial charge in [-0.2, -0.15) is 11.8 Å². The third kappa shape index (κ3) is 4.96. The number of nitrogens with two attached hydrogens (primary N) is 1. The van der Waals surface area contributed by atoms with Gasteiger partial charge in [0, 0.05) is 46.0 Å². The first-order valence-corrected chi connectivity index (χ1v) is 7.86. The Morgan fingerprint density at radius 2 is 2.05 bits per heavy atom. The van der Waals surface area contributed by atoms with Crippen LogP contribution in [0.4, 0.5) is 0 Å². The molecule has 1 heterocycles. The molecule has 1 unspecified atom stereocenters. The maximum absolute atomic E-state index is 5.68. The van der Waals surface area contributed by atoms with Gasteiger partial charge in [0.25, 0.3) is 0 Å². The van der Waals surface area contributed by atoms with Crippen molar-refractivity contribution < 1.29 is 4.74 Å². The quantitative estimate of drug-likeness (QED) is 0.624. The number of nitrogens with one attached hydrogen (secondary N) is 1. The van der Waals surface area contributed by atoms with Gasteiger partial charge in [-0.15, -0.1) is 0 Å².